The molecule has 4 N–H and O–H groups in total. The molecule has 3 rings (SSSR count). The van der Waals surface area contributed by atoms with Gasteiger partial charge in [-0.1, -0.05) is 63.6 Å². The Kier molecular flexibility index (Phi) is 7.92. The van der Waals surface area contributed by atoms with Crippen LogP contribution in [0.25, 0.3) is 0 Å². The number of sulfone groups is 1. The van der Waals surface area contributed by atoms with Crippen molar-refractivity contribution in [3.8, 4) is 0 Å². The smallest absolute Gasteiger partial charge is 0.322 e. The number of aliphatic carboxylic acids is 1. The van der Waals surface area contributed by atoms with Crippen LogP contribution >= 0.6 is 0 Å². The Balaban J connectivity index is 2.06. The summed E-state index contributed by atoms with van der Waals surface area (Å²) in [5.74, 6) is -0.851. The minimum absolute atomic E-state index is 0.00118. The molecular formula is C26H32N4O4S. The van der Waals surface area contributed by atoms with Crippen molar-refractivity contribution >= 4 is 21.6 Å². The lowest BCUT2D eigenvalue weighted by Gasteiger charge is -2.29. The molecule has 1 aromatic carbocycles. The molecule has 1 atom stereocenters. The summed E-state index contributed by atoms with van der Waals surface area (Å²) < 4.78 is 27.6. The second-order valence-corrected chi connectivity index (χ2v) is 11.4. The van der Waals surface area contributed by atoms with Gasteiger partial charge in [-0.3, -0.25) is 4.79 Å². The second-order valence-electron chi connectivity index (χ2n) is 9.22. The normalized spacial score (nSPS) is 13.7. The first-order valence-electron chi connectivity index (χ1n) is 11.5. The van der Waals surface area contributed by atoms with Crippen molar-refractivity contribution in [3.05, 3.63) is 83.7 Å². The highest BCUT2D eigenvalue weighted by Crippen LogP contribution is 2.34. The highest BCUT2D eigenvalue weighted by atomic mass is 32.2. The number of hydrogen-bond acceptors (Lipinski definition) is 7. The third-order valence-corrected chi connectivity index (χ3v) is 8.18. The van der Waals surface area contributed by atoms with Crippen LogP contribution in [-0.2, 0) is 31.3 Å². The summed E-state index contributed by atoms with van der Waals surface area (Å²) in [7, 11) is -4.19. The van der Waals surface area contributed by atoms with Gasteiger partial charge in [0.25, 0.3) is 0 Å². The fraction of sp³-hybridized carbons (Fsp3) is 0.346. The van der Waals surface area contributed by atoms with Crippen molar-refractivity contribution in [1.29, 1.82) is 0 Å². The van der Waals surface area contributed by atoms with Crippen molar-refractivity contribution in [2.24, 2.45) is 5.73 Å². The third-order valence-electron chi connectivity index (χ3n) is 6.07. The van der Waals surface area contributed by atoms with Crippen molar-refractivity contribution in [1.82, 2.24) is 9.97 Å². The number of nitrogens with one attached hydrogen (secondary N) is 1. The van der Waals surface area contributed by atoms with Gasteiger partial charge in [-0.2, -0.15) is 0 Å². The lowest BCUT2D eigenvalue weighted by molar-refractivity contribution is -0.134. The van der Waals surface area contributed by atoms with E-state index in [1.165, 1.54) is 18.3 Å². The molecular weight excluding hydrogens is 464 g/mol. The summed E-state index contributed by atoms with van der Waals surface area (Å²) >= 11 is 0. The lowest BCUT2D eigenvalue weighted by atomic mass is 9.80. The highest BCUT2D eigenvalue weighted by Gasteiger charge is 2.45. The summed E-state index contributed by atoms with van der Waals surface area (Å²) in [6.07, 6.45) is 3.44. The van der Waals surface area contributed by atoms with Crippen LogP contribution in [0.2, 0.25) is 0 Å². The average Bonchev–Trinajstić information content (AvgIpc) is 2.83. The van der Waals surface area contributed by atoms with E-state index in [0.29, 0.717) is 0 Å². The Morgan fingerprint density at radius 2 is 1.77 bits per heavy atom. The van der Waals surface area contributed by atoms with Gasteiger partial charge in [0.2, 0.25) is 9.84 Å². The van der Waals surface area contributed by atoms with Crippen LogP contribution in [-0.4, -0.2) is 36.0 Å². The van der Waals surface area contributed by atoms with Crippen molar-refractivity contribution in [2.75, 3.05) is 11.9 Å². The van der Waals surface area contributed by atoms with E-state index in [9.17, 15) is 13.2 Å². The monoisotopic (exact) mass is 496 g/mol. The predicted octanol–water partition coefficient (Wildman–Crippen LogP) is 3.88. The fourth-order valence-corrected chi connectivity index (χ4v) is 5.67. The van der Waals surface area contributed by atoms with Gasteiger partial charge in [0.15, 0.2) is 9.90 Å². The van der Waals surface area contributed by atoms with Gasteiger partial charge in [-0.05, 0) is 47.2 Å². The predicted molar refractivity (Wildman–Crippen MR) is 136 cm³/mol. The van der Waals surface area contributed by atoms with Gasteiger partial charge in [-0.25, -0.2) is 18.4 Å². The number of hydrogen-bond donors (Lipinski definition) is 3. The maximum Gasteiger partial charge on any atom is 0.322 e. The van der Waals surface area contributed by atoms with E-state index >= 15 is 0 Å². The molecule has 35 heavy (non-hydrogen) atoms. The Morgan fingerprint density at radius 1 is 1.06 bits per heavy atom. The molecule has 2 aromatic heterocycles. The summed E-state index contributed by atoms with van der Waals surface area (Å²) in [6.45, 7) is 6.15. The highest BCUT2D eigenvalue weighted by molar-refractivity contribution is 7.92. The number of benzene rings is 1. The van der Waals surface area contributed by atoms with Crippen LogP contribution in [0.15, 0.2) is 71.9 Å². The number of anilines is 1. The van der Waals surface area contributed by atoms with Crippen molar-refractivity contribution < 1.29 is 18.3 Å². The van der Waals surface area contributed by atoms with Crippen LogP contribution in [0.1, 0.15) is 50.4 Å². The molecule has 0 aliphatic carbocycles. The molecule has 0 fully saturated rings. The summed E-state index contributed by atoms with van der Waals surface area (Å²) in [4.78, 5) is 17.4. The Labute approximate surface area is 206 Å². The van der Waals surface area contributed by atoms with Gasteiger partial charge < -0.3 is 16.2 Å². The summed E-state index contributed by atoms with van der Waals surface area (Å²) in [5, 5.41) is 11.5. The van der Waals surface area contributed by atoms with E-state index in [2.05, 4.69) is 36.1 Å². The summed E-state index contributed by atoms with van der Waals surface area (Å²) in [5.41, 5.74) is 8.71. The SMILES string of the molecule is CCCC(C)(C)c1ccc(CC(N)(c2cccc(NCC(=O)O)n2)S(=O)(=O)c2ccccn2)cc1. The largest absolute Gasteiger partial charge is 0.480 e. The Bertz CT molecular complexity index is 1260. The van der Waals surface area contributed by atoms with Crippen LogP contribution in [0.4, 0.5) is 5.82 Å². The third kappa shape index (κ3) is 5.86. The Hall–Kier alpha value is -3.30. The molecule has 8 nitrogen and oxygen atoms in total. The first kappa shape index (κ1) is 26.3. The van der Waals surface area contributed by atoms with E-state index in [4.69, 9.17) is 10.8 Å². The molecule has 2 heterocycles. The lowest BCUT2D eigenvalue weighted by Crippen LogP contribution is -2.47. The number of aromatic nitrogens is 2. The Morgan fingerprint density at radius 3 is 2.37 bits per heavy atom. The van der Waals surface area contributed by atoms with Gasteiger partial charge in [0, 0.05) is 12.6 Å². The van der Waals surface area contributed by atoms with Crippen LogP contribution in [0.3, 0.4) is 0 Å². The fourth-order valence-electron chi connectivity index (χ4n) is 4.10. The van der Waals surface area contributed by atoms with E-state index in [1.54, 1.807) is 24.3 Å². The van der Waals surface area contributed by atoms with Gasteiger partial charge >= 0.3 is 5.97 Å². The number of rotatable bonds is 11. The minimum atomic E-state index is -4.19. The number of carboxylic acids is 1. The maximum absolute atomic E-state index is 13.8. The first-order valence-corrected chi connectivity index (χ1v) is 12.9. The molecule has 0 bridgehead atoms. The average molecular weight is 497 g/mol. The van der Waals surface area contributed by atoms with Crippen molar-refractivity contribution in [2.45, 2.75) is 55.3 Å². The molecule has 1 unspecified atom stereocenters. The van der Waals surface area contributed by atoms with Crippen molar-refractivity contribution in [3.63, 3.8) is 0 Å². The minimum Gasteiger partial charge on any atom is -0.480 e. The number of nitrogens with two attached hydrogens (primary N) is 1. The van der Waals surface area contributed by atoms with Gasteiger partial charge in [-0.15, -0.1) is 0 Å². The van der Waals surface area contributed by atoms with E-state index in [0.717, 1.165) is 24.0 Å². The molecule has 0 saturated carbocycles. The van der Waals surface area contributed by atoms with E-state index in [-0.39, 0.29) is 34.9 Å². The molecule has 0 radical (unpaired) electrons. The first-order chi connectivity index (χ1) is 16.5. The van der Waals surface area contributed by atoms with E-state index in [1.807, 2.05) is 24.3 Å². The molecule has 9 heteroatoms. The molecule has 3 aromatic rings. The zero-order valence-electron chi connectivity index (χ0n) is 20.2. The quantitative estimate of drug-likeness (QED) is 0.364. The number of nitrogens with zero attached hydrogens (tertiary/aromatic N) is 2. The number of carboxylic acid groups (broad SMARTS) is 1. The van der Waals surface area contributed by atoms with E-state index < -0.39 is 20.7 Å². The van der Waals surface area contributed by atoms with Crippen LogP contribution in [0, 0.1) is 0 Å². The standard InChI is InChI=1S/C26H32N4O4S/c1-4-15-25(2,3)20-13-11-19(12-14-20)17-26(27,35(33,34)23-10-5-6-16-28-23)21-8-7-9-22(30-21)29-18-24(31)32/h5-14,16H,4,15,17-18,27H2,1-3H3,(H,29,30)(H,31,32). The molecule has 186 valence electrons. The summed E-state index contributed by atoms with van der Waals surface area (Å²) in [6, 6.07) is 17.1. The topological polar surface area (TPSA) is 135 Å². The van der Waals surface area contributed by atoms with Crippen LogP contribution in [0.5, 0.6) is 0 Å². The molecule has 0 aliphatic rings. The molecule has 0 aliphatic heterocycles. The molecule has 0 amide bonds. The van der Waals surface area contributed by atoms with Gasteiger partial charge in [0.1, 0.15) is 12.4 Å². The molecule has 0 saturated heterocycles. The maximum atomic E-state index is 13.8. The zero-order valence-corrected chi connectivity index (χ0v) is 21.0. The second kappa shape index (κ2) is 10.5. The van der Waals surface area contributed by atoms with Crippen LogP contribution < -0.4 is 11.1 Å². The molecule has 0 spiro atoms. The number of pyridine rings is 2. The zero-order chi connectivity index (χ0) is 25.7. The van der Waals surface area contributed by atoms with Gasteiger partial charge in [0.05, 0.1) is 5.69 Å². The number of carbonyl (C=O) groups is 1.